The molecule has 5 heteroatoms. The summed E-state index contributed by atoms with van der Waals surface area (Å²) in [4.78, 5) is 18.4. The standard InChI is InChI=1S/C18H24N4O/c1-3-9-19-18(23)21-12-16(13-21)17-20-10-14(2)22(17)11-15-7-5-4-6-8-15/h4-8,10,16H,3,9,11-13H2,1-2H3,(H,19,23). The van der Waals surface area contributed by atoms with Crippen LogP contribution in [-0.4, -0.2) is 40.1 Å². The molecule has 5 nitrogen and oxygen atoms in total. The Balaban J connectivity index is 1.65. The number of aryl methyl sites for hydroxylation is 1. The van der Waals surface area contributed by atoms with Gasteiger partial charge < -0.3 is 14.8 Å². The van der Waals surface area contributed by atoms with Gasteiger partial charge in [-0.05, 0) is 18.9 Å². The Bertz CT molecular complexity index is 659. The number of carbonyl (C=O) groups excluding carboxylic acids is 1. The molecular formula is C18H24N4O. The van der Waals surface area contributed by atoms with Crippen molar-refractivity contribution in [2.24, 2.45) is 0 Å². The molecule has 122 valence electrons. The maximum Gasteiger partial charge on any atom is 0.317 e. The van der Waals surface area contributed by atoms with Crippen molar-refractivity contribution in [2.75, 3.05) is 19.6 Å². The summed E-state index contributed by atoms with van der Waals surface area (Å²) in [7, 11) is 0. The number of nitrogens with one attached hydrogen (secondary N) is 1. The first kappa shape index (κ1) is 15.6. The van der Waals surface area contributed by atoms with E-state index < -0.39 is 0 Å². The summed E-state index contributed by atoms with van der Waals surface area (Å²) in [6.45, 7) is 7.22. The molecule has 1 aliphatic heterocycles. The van der Waals surface area contributed by atoms with E-state index in [1.807, 2.05) is 17.2 Å². The van der Waals surface area contributed by atoms with E-state index >= 15 is 0 Å². The van der Waals surface area contributed by atoms with Crippen molar-refractivity contribution < 1.29 is 4.79 Å². The zero-order valence-corrected chi connectivity index (χ0v) is 13.8. The van der Waals surface area contributed by atoms with Crippen LogP contribution in [0.3, 0.4) is 0 Å². The summed E-state index contributed by atoms with van der Waals surface area (Å²) in [6.07, 6.45) is 2.89. The third-order valence-corrected chi connectivity index (χ3v) is 4.33. The number of imidazole rings is 1. The highest BCUT2D eigenvalue weighted by Crippen LogP contribution is 2.27. The molecule has 1 aliphatic rings. The van der Waals surface area contributed by atoms with Crippen LogP contribution in [0.4, 0.5) is 4.79 Å². The monoisotopic (exact) mass is 312 g/mol. The lowest BCUT2D eigenvalue weighted by molar-refractivity contribution is 0.147. The lowest BCUT2D eigenvalue weighted by Crippen LogP contribution is -2.53. The molecule has 2 aromatic rings. The van der Waals surface area contributed by atoms with E-state index in [1.54, 1.807) is 0 Å². The van der Waals surface area contributed by atoms with E-state index in [0.717, 1.165) is 44.1 Å². The van der Waals surface area contributed by atoms with Gasteiger partial charge in [-0.3, -0.25) is 0 Å². The van der Waals surface area contributed by atoms with Gasteiger partial charge in [-0.1, -0.05) is 37.3 Å². The first-order chi connectivity index (χ1) is 11.2. The van der Waals surface area contributed by atoms with Crippen molar-refractivity contribution in [1.29, 1.82) is 0 Å². The highest BCUT2D eigenvalue weighted by molar-refractivity contribution is 5.75. The minimum absolute atomic E-state index is 0.0426. The smallest absolute Gasteiger partial charge is 0.317 e. The summed E-state index contributed by atoms with van der Waals surface area (Å²) in [5, 5.41) is 2.93. The number of urea groups is 1. The first-order valence-corrected chi connectivity index (χ1v) is 8.27. The van der Waals surface area contributed by atoms with Gasteiger partial charge in [-0.25, -0.2) is 9.78 Å². The van der Waals surface area contributed by atoms with Gasteiger partial charge in [0.2, 0.25) is 0 Å². The third kappa shape index (κ3) is 3.38. The predicted molar refractivity (Wildman–Crippen MR) is 90.5 cm³/mol. The van der Waals surface area contributed by atoms with Crippen LogP contribution in [0.1, 0.15) is 36.3 Å². The maximum absolute atomic E-state index is 11.9. The number of amides is 2. The van der Waals surface area contributed by atoms with E-state index in [1.165, 1.54) is 5.56 Å². The molecule has 2 amide bonds. The average molecular weight is 312 g/mol. The highest BCUT2D eigenvalue weighted by Gasteiger charge is 2.34. The van der Waals surface area contributed by atoms with E-state index in [2.05, 4.69) is 53.0 Å². The average Bonchev–Trinajstić information content (AvgIpc) is 2.86. The molecule has 0 aliphatic carbocycles. The van der Waals surface area contributed by atoms with Crippen molar-refractivity contribution in [1.82, 2.24) is 19.8 Å². The second-order valence-corrected chi connectivity index (χ2v) is 6.16. The number of benzene rings is 1. The molecule has 0 spiro atoms. The van der Waals surface area contributed by atoms with Crippen molar-refractivity contribution in [2.45, 2.75) is 32.7 Å². The summed E-state index contributed by atoms with van der Waals surface area (Å²) < 4.78 is 2.27. The Labute approximate surface area is 137 Å². The molecule has 3 rings (SSSR count). The van der Waals surface area contributed by atoms with Crippen LogP contribution in [-0.2, 0) is 6.54 Å². The fourth-order valence-corrected chi connectivity index (χ4v) is 2.93. The number of likely N-dealkylation sites (tertiary alicyclic amines) is 1. The minimum atomic E-state index is 0.0426. The molecule has 1 fully saturated rings. The Hall–Kier alpha value is -2.30. The number of carbonyl (C=O) groups is 1. The molecule has 23 heavy (non-hydrogen) atoms. The van der Waals surface area contributed by atoms with Crippen molar-refractivity contribution in [3.63, 3.8) is 0 Å². The Morgan fingerprint density at radius 3 is 2.74 bits per heavy atom. The lowest BCUT2D eigenvalue weighted by atomic mass is 9.99. The van der Waals surface area contributed by atoms with Crippen LogP contribution >= 0.6 is 0 Å². The van der Waals surface area contributed by atoms with E-state index in [4.69, 9.17) is 0 Å². The summed E-state index contributed by atoms with van der Waals surface area (Å²) in [5.74, 6) is 1.42. The summed E-state index contributed by atoms with van der Waals surface area (Å²) >= 11 is 0. The van der Waals surface area contributed by atoms with Crippen molar-refractivity contribution in [3.8, 4) is 0 Å². The van der Waals surface area contributed by atoms with Crippen LogP contribution in [0.2, 0.25) is 0 Å². The number of rotatable bonds is 5. The Morgan fingerprint density at radius 1 is 1.30 bits per heavy atom. The first-order valence-electron chi connectivity index (χ1n) is 8.27. The number of hydrogen-bond donors (Lipinski definition) is 1. The normalized spacial score (nSPS) is 14.6. The van der Waals surface area contributed by atoms with Crippen LogP contribution in [0.25, 0.3) is 0 Å². The fraction of sp³-hybridized carbons (Fsp3) is 0.444. The fourth-order valence-electron chi connectivity index (χ4n) is 2.93. The molecule has 2 heterocycles. The van der Waals surface area contributed by atoms with Crippen molar-refractivity contribution in [3.05, 3.63) is 53.6 Å². The van der Waals surface area contributed by atoms with Crippen LogP contribution in [0.5, 0.6) is 0 Å². The molecule has 0 saturated carbocycles. The van der Waals surface area contributed by atoms with Gasteiger partial charge in [-0.15, -0.1) is 0 Å². The number of hydrogen-bond acceptors (Lipinski definition) is 2. The zero-order valence-electron chi connectivity index (χ0n) is 13.8. The molecule has 1 aromatic carbocycles. The van der Waals surface area contributed by atoms with Crippen molar-refractivity contribution >= 4 is 6.03 Å². The summed E-state index contributed by atoms with van der Waals surface area (Å²) in [6, 6.07) is 10.5. The van der Waals surface area contributed by atoms with Gasteiger partial charge >= 0.3 is 6.03 Å². The second kappa shape index (κ2) is 6.86. The SMILES string of the molecule is CCCNC(=O)N1CC(c2ncc(C)n2Cc2ccccc2)C1. The predicted octanol–water partition coefficient (Wildman–Crippen LogP) is 2.76. The largest absolute Gasteiger partial charge is 0.338 e. The van der Waals surface area contributed by atoms with E-state index in [9.17, 15) is 4.79 Å². The number of aromatic nitrogens is 2. The van der Waals surface area contributed by atoms with Crippen LogP contribution < -0.4 is 5.32 Å². The molecule has 1 N–H and O–H groups in total. The molecule has 1 saturated heterocycles. The Kier molecular flexibility index (Phi) is 4.65. The topological polar surface area (TPSA) is 50.2 Å². The minimum Gasteiger partial charge on any atom is -0.338 e. The summed E-state index contributed by atoms with van der Waals surface area (Å²) in [5.41, 5.74) is 2.43. The van der Waals surface area contributed by atoms with Gasteiger partial charge in [-0.2, -0.15) is 0 Å². The van der Waals surface area contributed by atoms with Crippen LogP contribution in [0.15, 0.2) is 36.5 Å². The Morgan fingerprint density at radius 2 is 2.04 bits per heavy atom. The quantitative estimate of drug-likeness (QED) is 0.923. The third-order valence-electron chi connectivity index (χ3n) is 4.33. The lowest BCUT2D eigenvalue weighted by Gasteiger charge is -2.39. The van der Waals surface area contributed by atoms with Crippen LogP contribution in [0, 0.1) is 6.92 Å². The van der Waals surface area contributed by atoms with Gasteiger partial charge in [0, 0.05) is 38.1 Å². The van der Waals surface area contributed by atoms with Gasteiger partial charge in [0.15, 0.2) is 0 Å². The zero-order chi connectivity index (χ0) is 16.2. The molecule has 1 aromatic heterocycles. The van der Waals surface area contributed by atoms with E-state index in [-0.39, 0.29) is 6.03 Å². The second-order valence-electron chi connectivity index (χ2n) is 6.16. The maximum atomic E-state index is 11.9. The molecular weight excluding hydrogens is 288 g/mol. The molecule has 0 radical (unpaired) electrons. The molecule has 0 bridgehead atoms. The number of nitrogens with zero attached hydrogens (tertiary/aromatic N) is 3. The van der Waals surface area contributed by atoms with Gasteiger partial charge in [0.1, 0.15) is 5.82 Å². The molecule has 0 unspecified atom stereocenters. The highest BCUT2D eigenvalue weighted by atomic mass is 16.2. The van der Waals surface area contributed by atoms with Gasteiger partial charge in [0.05, 0.1) is 5.92 Å². The molecule has 0 atom stereocenters. The van der Waals surface area contributed by atoms with E-state index in [0.29, 0.717) is 5.92 Å². The van der Waals surface area contributed by atoms with Gasteiger partial charge in [0.25, 0.3) is 0 Å².